The molecule has 0 N–H and O–H groups in total. The van der Waals surface area contributed by atoms with Gasteiger partial charge in [-0.15, -0.1) is 0 Å². The van der Waals surface area contributed by atoms with Crippen LogP contribution >= 0.6 is 15.9 Å². The van der Waals surface area contributed by atoms with E-state index in [1.165, 1.54) is 16.7 Å². The van der Waals surface area contributed by atoms with Gasteiger partial charge in [-0.2, -0.15) is 0 Å². The van der Waals surface area contributed by atoms with E-state index in [9.17, 15) is 0 Å². The molecule has 16 heavy (non-hydrogen) atoms. The third-order valence-electron chi connectivity index (χ3n) is 2.55. The van der Waals surface area contributed by atoms with Gasteiger partial charge in [-0.25, -0.2) is 0 Å². The van der Waals surface area contributed by atoms with Gasteiger partial charge in [-0.3, -0.25) is 0 Å². The maximum absolute atomic E-state index is 4.08. The molecule has 0 aliphatic carbocycles. The lowest BCUT2D eigenvalue weighted by molar-refractivity contribution is 1.55. The molecule has 1 heteroatoms. The predicted molar refractivity (Wildman–Crippen MR) is 74.7 cm³/mol. The van der Waals surface area contributed by atoms with Gasteiger partial charge in [0.25, 0.3) is 0 Å². The number of alkyl halides is 1. The summed E-state index contributed by atoms with van der Waals surface area (Å²) in [5.74, 6) is 0. The number of hydrogen-bond donors (Lipinski definition) is 0. The van der Waals surface area contributed by atoms with E-state index in [-0.39, 0.29) is 0 Å². The molecule has 0 nitrogen and oxygen atoms in total. The molecule has 0 aromatic heterocycles. The highest BCUT2D eigenvalue weighted by Crippen LogP contribution is 2.28. The van der Waals surface area contributed by atoms with Crippen LogP contribution in [0.3, 0.4) is 0 Å². The largest absolute Gasteiger partial charge is 0.0944 e. The first-order chi connectivity index (χ1) is 7.83. The van der Waals surface area contributed by atoms with Crippen molar-refractivity contribution in [2.24, 2.45) is 0 Å². The SMILES string of the molecule is C=C(CBr)c1ccccc1-c1ccccc1. The Labute approximate surface area is 105 Å². The molecule has 0 bridgehead atoms. The van der Waals surface area contributed by atoms with Crippen LogP contribution in [0.4, 0.5) is 0 Å². The Hall–Kier alpha value is -1.34. The molecule has 0 amide bonds. The second-order valence-corrected chi connectivity index (χ2v) is 4.21. The monoisotopic (exact) mass is 272 g/mol. The number of benzene rings is 2. The number of rotatable bonds is 3. The van der Waals surface area contributed by atoms with Gasteiger partial charge in [0.05, 0.1) is 0 Å². The molecule has 2 aromatic rings. The van der Waals surface area contributed by atoms with E-state index in [1.807, 2.05) is 6.07 Å². The lowest BCUT2D eigenvalue weighted by atomic mass is 9.96. The van der Waals surface area contributed by atoms with Gasteiger partial charge in [0.1, 0.15) is 0 Å². The Bertz CT molecular complexity index is 486. The average Bonchev–Trinajstić information content (AvgIpc) is 2.39. The summed E-state index contributed by atoms with van der Waals surface area (Å²) < 4.78 is 0. The Morgan fingerprint density at radius 3 is 2.25 bits per heavy atom. The molecule has 0 radical (unpaired) electrons. The standard InChI is InChI=1S/C15H13Br/c1-12(11-16)14-9-5-6-10-15(14)13-7-3-2-4-8-13/h2-10H,1,11H2. The van der Waals surface area contributed by atoms with E-state index in [1.54, 1.807) is 0 Å². The zero-order valence-corrected chi connectivity index (χ0v) is 10.6. The lowest BCUT2D eigenvalue weighted by Crippen LogP contribution is -1.88. The third kappa shape index (κ3) is 2.25. The summed E-state index contributed by atoms with van der Waals surface area (Å²) in [5, 5.41) is 0.802. The molecule has 0 saturated carbocycles. The molecule has 0 heterocycles. The molecular weight excluding hydrogens is 260 g/mol. The van der Waals surface area contributed by atoms with Crippen molar-refractivity contribution >= 4 is 21.5 Å². The van der Waals surface area contributed by atoms with Gasteiger partial charge in [-0.1, -0.05) is 77.1 Å². The molecule has 0 aliphatic rings. The summed E-state index contributed by atoms with van der Waals surface area (Å²) in [4.78, 5) is 0. The normalized spacial score (nSPS) is 10.1. The fourth-order valence-electron chi connectivity index (χ4n) is 1.73. The molecule has 2 aromatic carbocycles. The van der Waals surface area contributed by atoms with E-state index in [0.717, 1.165) is 10.9 Å². The van der Waals surface area contributed by atoms with Crippen molar-refractivity contribution < 1.29 is 0 Å². The van der Waals surface area contributed by atoms with Gasteiger partial charge in [0.2, 0.25) is 0 Å². The zero-order chi connectivity index (χ0) is 11.4. The summed E-state index contributed by atoms with van der Waals surface area (Å²) in [5.41, 5.74) is 4.80. The summed E-state index contributed by atoms with van der Waals surface area (Å²) in [6, 6.07) is 18.8. The molecule has 2 rings (SSSR count). The van der Waals surface area contributed by atoms with Gasteiger partial charge >= 0.3 is 0 Å². The first-order valence-corrected chi connectivity index (χ1v) is 6.33. The van der Waals surface area contributed by atoms with Crippen LogP contribution in [0, 0.1) is 0 Å². The van der Waals surface area contributed by atoms with Crippen molar-refractivity contribution in [2.45, 2.75) is 0 Å². The van der Waals surface area contributed by atoms with Crippen molar-refractivity contribution in [3.63, 3.8) is 0 Å². The molecule has 0 fully saturated rings. The van der Waals surface area contributed by atoms with Gasteiger partial charge in [0, 0.05) is 5.33 Å². The molecule has 0 aliphatic heterocycles. The average molecular weight is 273 g/mol. The van der Waals surface area contributed by atoms with Crippen LogP contribution in [0.5, 0.6) is 0 Å². The predicted octanol–water partition coefficient (Wildman–Crippen LogP) is 4.76. The molecule has 0 spiro atoms. The maximum atomic E-state index is 4.08. The quantitative estimate of drug-likeness (QED) is 0.707. The van der Waals surface area contributed by atoms with Crippen LogP contribution in [0.1, 0.15) is 5.56 Å². The highest BCUT2D eigenvalue weighted by molar-refractivity contribution is 9.09. The maximum Gasteiger partial charge on any atom is 0.0283 e. The summed E-state index contributed by atoms with van der Waals surface area (Å²) in [7, 11) is 0. The first kappa shape index (κ1) is 11.2. The summed E-state index contributed by atoms with van der Waals surface area (Å²) in [6.07, 6.45) is 0. The van der Waals surface area contributed by atoms with Crippen molar-refractivity contribution in [3.05, 3.63) is 66.7 Å². The van der Waals surface area contributed by atoms with Crippen LogP contribution in [-0.2, 0) is 0 Å². The molecule has 80 valence electrons. The Kier molecular flexibility index (Phi) is 3.58. The Morgan fingerprint density at radius 1 is 0.938 bits per heavy atom. The van der Waals surface area contributed by atoms with E-state index >= 15 is 0 Å². The first-order valence-electron chi connectivity index (χ1n) is 5.21. The van der Waals surface area contributed by atoms with Crippen LogP contribution in [-0.4, -0.2) is 5.33 Å². The van der Waals surface area contributed by atoms with Gasteiger partial charge in [0.15, 0.2) is 0 Å². The van der Waals surface area contributed by atoms with Crippen molar-refractivity contribution in [1.82, 2.24) is 0 Å². The van der Waals surface area contributed by atoms with Crippen LogP contribution in [0.25, 0.3) is 16.7 Å². The molecule has 0 unspecified atom stereocenters. The number of hydrogen-bond acceptors (Lipinski definition) is 0. The fraction of sp³-hybridized carbons (Fsp3) is 0.0667. The van der Waals surface area contributed by atoms with Crippen molar-refractivity contribution in [1.29, 1.82) is 0 Å². The van der Waals surface area contributed by atoms with E-state index < -0.39 is 0 Å². The van der Waals surface area contributed by atoms with Gasteiger partial charge in [-0.05, 0) is 22.3 Å². The van der Waals surface area contributed by atoms with E-state index in [0.29, 0.717) is 0 Å². The lowest BCUT2D eigenvalue weighted by Gasteiger charge is -2.10. The number of halogens is 1. The summed E-state index contributed by atoms with van der Waals surface area (Å²) in [6.45, 7) is 4.08. The van der Waals surface area contributed by atoms with Gasteiger partial charge < -0.3 is 0 Å². The highest BCUT2D eigenvalue weighted by Gasteiger charge is 2.05. The second-order valence-electron chi connectivity index (χ2n) is 3.65. The Balaban J connectivity index is 2.53. The van der Waals surface area contributed by atoms with Crippen LogP contribution in [0.15, 0.2) is 61.2 Å². The topological polar surface area (TPSA) is 0 Å². The summed E-state index contributed by atoms with van der Waals surface area (Å²) >= 11 is 3.46. The molecular formula is C15H13Br. The highest BCUT2D eigenvalue weighted by atomic mass is 79.9. The van der Waals surface area contributed by atoms with Crippen molar-refractivity contribution in [2.75, 3.05) is 5.33 Å². The third-order valence-corrected chi connectivity index (χ3v) is 3.23. The molecule has 0 saturated heterocycles. The smallest absolute Gasteiger partial charge is 0.0283 e. The Morgan fingerprint density at radius 2 is 1.56 bits per heavy atom. The minimum Gasteiger partial charge on any atom is -0.0944 e. The second kappa shape index (κ2) is 5.13. The number of allylic oxidation sites excluding steroid dienone is 1. The van der Waals surface area contributed by atoms with Crippen LogP contribution < -0.4 is 0 Å². The fourth-order valence-corrected chi connectivity index (χ4v) is 2.03. The van der Waals surface area contributed by atoms with E-state index in [2.05, 4.69) is 71.0 Å². The minimum absolute atomic E-state index is 0.802. The molecule has 0 atom stereocenters. The zero-order valence-electron chi connectivity index (χ0n) is 8.99. The van der Waals surface area contributed by atoms with E-state index in [4.69, 9.17) is 0 Å². The van der Waals surface area contributed by atoms with Crippen LogP contribution in [0.2, 0.25) is 0 Å². The van der Waals surface area contributed by atoms with Crippen molar-refractivity contribution in [3.8, 4) is 11.1 Å². The minimum atomic E-state index is 0.802.